The van der Waals surface area contributed by atoms with Gasteiger partial charge in [0.15, 0.2) is 0 Å². The van der Waals surface area contributed by atoms with Gasteiger partial charge in [0.2, 0.25) is 5.95 Å². The summed E-state index contributed by atoms with van der Waals surface area (Å²) in [6.45, 7) is 0.712. The van der Waals surface area contributed by atoms with Crippen LogP contribution in [0.25, 0.3) is 22.8 Å². The Balaban J connectivity index is 1.62. The summed E-state index contributed by atoms with van der Waals surface area (Å²) in [7, 11) is 1.94. The largest absolute Gasteiger partial charge is 0.364 e. The summed E-state index contributed by atoms with van der Waals surface area (Å²) in [5.74, 6) is 0.532. The molecular formula is C16H15N7O. The van der Waals surface area contributed by atoms with Gasteiger partial charge in [-0.05, 0) is 18.2 Å². The number of hydrogen-bond acceptors (Lipinski definition) is 8. The molecular weight excluding hydrogens is 306 g/mol. The van der Waals surface area contributed by atoms with Gasteiger partial charge in [0.25, 0.3) is 0 Å². The minimum absolute atomic E-state index is 0.532. The first kappa shape index (κ1) is 14.3. The van der Waals surface area contributed by atoms with Gasteiger partial charge < -0.3 is 14.8 Å². The van der Waals surface area contributed by atoms with Crippen LogP contribution >= 0.6 is 0 Å². The van der Waals surface area contributed by atoms with Crippen molar-refractivity contribution in [1.82, 2.24) is 30.5 Å². The molecule has 8 nitrogen and oxygen atoms in total. The molecule has 8 heteroatoms. The molecule has 0 unspecified atom stereocenters. The Hall–Kier alpha value is -3.26. The number of nitrogens with zero attached hydrogens (tertiary/aromatic N) is 5. The van der Waals surface area contributed by atoms with Gasteiger partial charge in [-0.25, -0.2) is 20.4 Å². The number of rotatable bonds is 4. The summed E-state index contributed by atoms with van der Waals surface area (Å²) < 4.78 is 4.87. The standard InChI is InChI=1S/C16H15N7O/c1-23-10-11(9-18-23)19-16-17-7-5-14(21-16)12-3-2-4-13(20-12)15-6-8-24-22-15/h2-8,10,18H,9H2,1H3,(H,17,19,21). The van der Waals surface area contributed by atoms with Crippen LogP contribution in [0.5, 0.6) is 0 Å². The Kier molecular flexibility index (Phi) is 3.64. The van der Waals surface area contributed by atoms with Crippen molar-refractivity contribution in [3.63, 3.8) is 0 Å². The molecule has 0 aromatic carbocycles. The maximum Gasteiger partial charge on any atom is 0.227 e. The number of hydrogen-bond donors (Lipinski definition) is 2. The molecule has 0 amide bonds. The van der Waals surface area contributed by atoms with Crippen LogP contribution in [0.2, 0.25) is 0 Å². The first-order valence-electron chi connectivity index (χ1n) is 7.43. The Morgan fingerprint density at radius 3 is 2.67 bits per heavy atom. The van der Waals surface area contributed by atoms with E-state index in [-0.39, 0.29) is 0 Å². The fourth-order valence-corrected chi connectivity index (χ4v) is 2.38. The summed E-state index contributed by atoms with van der Waals surface area (Å²) in [5, 5.41) is 9.00. The number of pyridine rings is 1. The molecule has 3 aromatic heterocycles. The summed E-state index contributed by atoms with van der Waals surface area (Å²) in [4.78, 5) is 13.4. The first-order valence-corrected chi connectivity index (χ1v) is 7.43. The molecule has 0 spiro atoms. The SMILES string of the molecule is CN1C=C(Nc2nccc(-c3cccc(-c4ccon4)n3)n2)CN1. The lowest BCUT2D eigenvalue weighted by Crippen LogP contribution is -2.24. The van der Waals surface area contributed by atoms with E-state index in [4.69, 9.17) is 4.52 Å². The van der Waals surface area contributed by atoms with Gasteiger partial charge >= 0.3 is 0 Å². The zero-order valence-corrected chi connectivity index (χ0v) is 13.0. The molecule has 0 atom stereocenters. The Bertz CT molecular complexity index is 876. The topological polar surface area (TPSA) is 92.0 Å². The second-order valence-electron chi connectivity index (χ2n) is 5.28. The van der Waals surface area contributed by atoms with Crippen LogP contribution in [0.4, 0.5) is 5.95 Å². The fourth-order valence-electron chi connectivity index (χ4n) is 2.38. The molecule has 0 saturated carbocycles. The third-order valence-electron chi connectivity index (χ3n) is 3.51. The second kappa shape index (κ2) is 6.09. The van der Waals surface area contributed by atoms with Crippen molar-refractivity contribution < 1.29 is 4.52 Å². The van der Waals surface area contributed by atoms with Gasteiger partial charge in [0.1, 0.15) is 12.0 Å². The monoisotopic (exact) mass is 321 g/mol. The molecule has 2 N–H and O–H groups in total. The van der Waals surface area contributed by atoms with E-state index in [1.165, 1.54) is 6.26 Å². The third kappa shape index (κ3) is 2.95. The highest BCUT2D eigenvalue weighted by Crippen LogP contribution is 2.21. The van der Waals surface area contributed by atoms with Crippen molar-refractivity contribution in [2.24, 2.45) is 0 Å². The van der Waals surface area contributed by atoms with Crippen LogP contribution in [0.1, 0.15) is 0 Å². The van der Waals surface area contributed by atoms with Gasteiger partial charge in [-0.3, -0.25) is 0 Å². The number of nitrogens with one attached hydrogen (secondary N) is 2. The zero-order chi connectivity index (χ0) is 16.4. The van der Waals surface area contributed by atoms with Crippen molar-refractivity contribution >= 4 is 5.95 Å². The van der Waals surface area contributed by atoms with E-state index in [0.717, 1.165) is 22.8 Å². The molecule has 1 aliphatic rings. The van der Waals surface area contributed by atoms with Gasteiger partial charge in [0, 0.05) is 25.5 Å². The molecule has 4 rings (SSSR count). The van der Waals surface area contributed by atoms with E-state index in [9.17, 15) is 0 Å². The quantitative estimate of drug-likeness (QED) is 0.753. The van der Waals surface area contributed by atoms with Crippen molar-refractivity contribution in [1.29, 1.82) is 0 Å². The number of aromatic nitrogens is 4. The van der Waals surface area contributed by atoms with Crippen LogP contribution in [-0.2, 0) is 0 Å². The highest BCUT2D eigenvalue weighted by atomic mass is 16.5. The van der Waals surface area contributed by atoms with Crippen molar-refractivity contribution in [2.75, 3.05) is 18.9 Å². The zero-order valence-electron chi connectivity index (χ0n) is 13.0. The van der Waals surface area contributed by atoms with Gasteiger partial charge in [-0.2, -0.15) is 0 Å². The van der Waals surface area contributed by atoms with Crippen LogP contribution in [0, 0.1) is 0 Å². The van der Waals surface area contributed by atoms with Gasteiger partial charge in [-0.1, -0.05) is 11.2 Å². The van der Waals surface area contributed by atoms with Crippen LogP contribution < -0.4 is 10.7 Å². The maximum absolute atomic E-state index is 4.87. The van der Waals surface area contributed by atoms with E-state index in [2.05, 4.69) is 30.9 Å². The molecule has 0 bridgehead atoms. The normalized spacial score (nSPS) is 13.9. The van der Waals surface area contributed by atoms with Crippen LogP contribution in [0.3, 0.4) is 0 Å². The minimum atomic E-state index is 0.532. The van der Waals surface area contributed by atoms with Crippen LogP contribution in [-0.4, -0.2) is 38.7 Å². The molecule has 0 saturated heterocycles. The Morgan fingerprint density at radius 1 is 1.08 bits per heavy atom. The van der Waals surface area contributed by atoms with E-state index in [1.807, 2.05) is 42.5 Å². The Morgan fingerprint density at radius 2 is 1.92 bits per heavy atom. The summed E-state index contributed by atoms with van der Waals surface area (Å²) >= 11 is 0. The Labute approximate surface area is 138 Å². The average Bonchev–Trinajstić information content (AvgIpc) is 3.27. The second-order valence-corrected chi connectivity index (χ2v) is 5.28. The minimum Gasteiger partial charge on any atom is -0.364 e. The van der Waals surface area contributed by atoms with E-state index in [0.29, 0.717) is 18.2 Å². The predicted molar refractivity (Wildman–Crippen MR) is 88.2 cm³/mol. The molecule has 24 heavy (non-hydrogen) atoms. The van der Waals surface area contributed by atoms with Crippen LogP contribution in [0.15, 0.2) is 59.2 Å². The van der Waals surface area contributed by atoms with E-state index in [1.54, 1.807) is 12.3 Å². The van der Waals surface area contributed by atoms with Gasteiger partial charge in [-0.15, -0.1) is 0 Å². The van der Waals surface area contributed by atoms with Crippen molar-refractivity contribution in [2.45, 2.75) is 0 Å². The smallest absolute Gasteiger partial charge is 0.227 e. The molecule has 4 heterocycles. The lowest BCUT2D eigenvalue weighted by Gasteiger charge is -2.06. The molecule has 0 aliphatic carbocycles. The third-order valence-corrected chi connectivity index (χ3v) is 3.51. The molecule has 3 aromatic rings. The van der Waals surface area contributed by atoms with E-state index < -0.39 is 0 Å². The van der Waals surface area contributed by atoms with Gasteiger partial charge in [0.05, 0.1) is 29.3 Å². The lowest BCUT2D eigenvalue weighted by atomic mass is 10.2. The average molecular weight is 321 g/mol. The summed E-state index contributed by atoms with van der Waals surface area (Å²) in [5.41, 5.74) is 7.06. The number of hydrazine groups is 1. The fraction of sp³-hybridized carbons (Fsp3) is 0.125. The summed E-state index contributed by atoms with van der Waals surface area (Å²) in [6, 6.07) is 9.30. The maximum atomic E-state index is 4.87. The van der Waals surface area contributed by atoms with Crippen molar-refractivity contribution in [3.8, 4) is 22.8 Å². The highest BCUT2D eigenvalue weighted by Gasteiger charge is 2.11. The highest BCUT2D eigenvalue weighted by molar-refractivity contribution is 5.61. The first-order chi connectivity index (χ1) is 11.8. The molecule has 0 radical (unpaired) electrons. The predicted octanol–water partition coefficient (Wildman–Crippen LogP) is 1.90. The molecule has 1 aliphatic heterocycles. The van der Waals surface area contributed by atoms with Crippen molar-refractivity contribution in [3.05, 3.63) is 54.7 Å². The molecule has 0 fully saturated rings. The summed E-state index contributed by atoms with van der Waals surface area (Å²) in [6.07, 6.45) is 5.19. The lowest BCUT2D eigenvalue weighted by molar-refractivity contribution is 0.374. The van der Waals surface area contributed by atoms with E-state index >= 15 is 0 Å². The molecule has 120 valence electrons. The number of anilines is 1.